The summed E-state index contributed by atoms with van der Waals surface area (Å²) >= 11 is 1.20. The lowest BCUT2D eigenvalue weighted by atomic mass is 10.1. The molecule has 2 aromatic rings. The Morgan fingerprint density at radius 3 is 2.80 bits per heavy atom. The number of halogens is 3. The van der Waals surface area contributed by atoms with Crippen molar-refractivity contribution < 1.29 is 18.0 Å². The van der Waals surface area contributed by atoms with Crippen molar-refractivity contribution in [2.75, 3.05) is 23.7 Å². The summed E-state index contributed by atoms with van der Waals surface area (Å²) in [5.41, 5.74) is 4.68. The topological polar surface area (TPSA) is 97.0 Å². The van der Waals surface area contributed by atoms with Crippen molar-refractivity contribution in [2.24, 2.45) is 5.92 Å². The third-order valence-corrected chi connectivity index (χ3v) is 4.61. The minimum atomic E-state index is -4.41. The summed E-state index contributed by atoms with van der Waals surface area (Å²) < 4.78 is 37.7. The van der Waals surface area contributed by atoms with E-state index in [9.17, 15) is 18.0 Å². The van der Waals surface area contributed by atoms with Gasteiger partial charge in [-0.2, -0.15) is 13.2 Å². The first-order valence-corrected chi connectivity index (χ1v) is 8.28. The Balaban J connectivity index is 1.55. The van der Waals surface area contributed by atoms with Crippen molar-refractivity contribution in [1.29, 1.82) is 0 Å². The maximum Gasteiger partial charge on any atom is 0.417 e. The Hall–Kier alpha value is -2.43. The van der Waals surface area contributed by atoms with Gasteiger partial charge in [-0.25, -0.2) is 4.98 Å². The van der Waals surface area contributed by atoms with E-state index in [0.717, 1.165) is 12.3 Å². The smallest absolute Gasteiger partial charge is 0.374 e. The highest BCUT2D eigenvalue weighted by Gasteiger charge is 2.32. The number of amides is 1. The van der Waals surface area contributed by atoms with E-state index in [-0.39, 0.29) is 18.4 Å². The molecule has 3 heterocycles. The van der Waals surface area contributed by atoms with Crippen LogP contribution in [0.2, 0.25) is 0 Å². The predicted octanol–water partition coefficient (Wildman–Crippen LogP) is 1.68. The van der Waals surface area contributed by atoms with E-state index in [1.165, 1.54) is 17.4 Å². The summed E-state index contributed by atoms with van der Waals surface area (Å²) in [6.07, 6.45) is -3.00. The molecule has 7 nitrogen and oxygen atoms in total. The van der Waals surface area contributed by atoms with Crippen LogP contribution in [0.3, 0.4) is 0 Å². The second kappa shape index (κ2) is 6.82. The number of anilines is 2. The van der Waals surface area contributed by atoms with Crippen molar-refractivity contribution in [1.82, 2.24) is 20.5 Å². The van der Waals surface area contributed by atoms with Gasteiger partial charge in [0.1, 0.15) is 10.8 Å². The van der Waals surface area contributed by atoms with Gasteiger partial charge in [0.05, 0.1) is 18.0 Å². The van der Waals surface area contributed by atoms with Crippen LogP contribution in [0.1, 0.15) is 17.0 Å². The number of pyridine rings is 1. The highest BCUT2D eigenvalue weighted by atomic mass is 32.1. The maximum absolute atomic E-state index is 12.6. The van der Waals surface area contributed by atoms with Crippen LogP contribution in [0.15, 0.2) is 18.3 Å². The monoisotopic (exact) mass is 372 g/mol. The van der Waals surface area contributed by atoms with Crippen LogP contribution < -0.4 is 16.0 Å². The largest absolute Gasteiger partial charge is 0.417 e. The van der Waals surface area contributed by atoms with Crippen molar-refractivity contribution in [3.8, 4) is 0 Å². The van der Waals surface area contributed by atoms with Gasteiger partial charge in [0.15, 0.2) is 0 Å². The summed E-state index contributed by atoms with van der Waals surface area (Å²) in [5, 5.41) is 11.2. The van der Waals surface area contributed by atoms with Crippen LogP contribution in [0.5, 0.6) is 0 Å². The molecule has 1 aliphatic rings. The van der Waals surface area contributed by atoms with Crippen LogP contribution in [0, 0.1) is 5.92 Å². The van der Waals surface area contributed by atoms with Crippen molar-refractivity contribution >= 4 is 28.2 Å². The number of nitrogen functional groups attached to an aromatic ring is 1. The summed E-state index contributed by atoms with van der Waals surface area (Å²) in [6.45, 7) is 1.22. The first kappa shape index (κ1) is 17.4. The molecule has 1 atom stereocenters. The number of carbonyl (C=O) groups excluding carboxylic acids is 1. The third kappa shape index (κ3) is 4.16. The zero-order valence-corrected chi connectivity index (χ0v) is 13.8. The van der Waals surface area contributed by atoms with Gasteiger partial charge < -0.3 is 16.0 Å². The molecule has 2 aromatic heterocycles. The van der Waals surface area contributed by atoms with Crippen molar-refractivity contribution in [2.45, 2.75) is 19.1 Å². The molecule has 1 fully saturated rings. The van der Waals surface area contributed by atoms with E-state index >= 15 is 0 Å². The molecule has 134 valence electrons. The van der Waals surface area contributed by atoms with E-state index < -0.39 is 11.7 Å². The van der Waals surface area contributed by atoms with Crippen LogP contribution in [0.25, 0.3) is 0 Å². The highest BCUT2D eigenvalue weighted by Crippen LogP contribution is 2.30. The van der Waals surface area contributed by atoms with Gasteiger partial charge >= 0.3 is 6.18 Å². The number of aromatic nitrogens is 3. The first-order chi connectivity index (χ1) is 11.8. The van der Waals surface area contributed by atoms with Gasteiger partial charge in [-0.1, -0.05) is 11.3 Å². The fourth-order valence-electron chi connectivity index (χ4n) is 2.57. The molecule has 0 spiro atoms. The molecule has 1 saturated heterocycles. The lowest BCUT2D eigenvalue weighted by Gasteiger charge is -2.18. The van der Waals surface area contributed by atoms with E-state index in [1.807, 2.05) is 0 Å². The third-order valence-electron chi connectivity index (χ3n) is 3.85. The van der Waals surface area contributed by atoms with E-state index in [2.05, 4.69) is 20.5 Å². The molecule has 25 heavy (non-hydrogen) atoms. The van der Waals surface area contributed by atoms with Crippen LogP contribution in [-0.2, 0) is 17.5 Å². The van der Waals surface area contributed by atoms with Crippen LogP contribution >= 0.6 is 11.3 Å². The highest BCUT2D eigenvalue weighted by molar-refractivity contribution is 7.15. The number of carbonyl (C=O) groups is 1. The zero-order valence-electron chi connectivity index (χ0n) is 13.0. The second-order valence-corrected chi connectivity index (χ2v) is 6.68. The minimum Gasteiger partial charge on any atom is -0.374 e. The molecule has 11 heteroatoms. The summed E-state index contributed by atoms with van der Waals surface area (Å²) in [6, 6.07) is 2.32. The van der Waals surface area contributed by atoms with E-state index in [4.69, 9.17) is 5.73 Å². The molecular weight excluding hydrogens is 357 g/mol. The van der Waals surface area contributed by atoms with Gasteiger partial charge in [0.25, 0.3) is 0 Å². The summed E-state index contributed by atoms with van der Waals surface area (Å²) in [4.78, 5) is 17.9. The molecule has 0 bridgehead atoms. The number of rotatable bonds is 4. The fraction of sp³-hybridized carbons (Fsp3) is 0.429. The van der Waals surface area contributed by atoms with Crippen LogP contribution in [0.4, 0.5) is 24.1 Å². The molecule has 0 unspecified atom stereocenters. The quantitative estimate of drug-likeness (QED) is 0.848. The Kier molecular flexibility index (Phi) is 4.75. The molecule has 1 aliphatic heterocycles. The average Bonchev–Trinajstić information content (AvgIpc) is 3.21. The zero-order chi connectivity index (χ0) is 18.0. The minimum absolute atomic E-state index is 0.136. The number of hydrogen-bond acceptors (Lipinski definition) is 7. The number of nitrogens with one attached hydrogen (secondary N) is 1. The maximum atomic E-state index is 12.6. The number of nitrogens with zero attached hydrogens (tertiary/aromatic N) is 4. The van der Waals surface area contributed by atoms with Crippen LogP contribution in [-0.4, -0.2) is 34.2 Å². The molecule has 3 rings (SSSR count). The Bertz CT molecular complexity index is 748. The normalized spacial score (nSPS) is 17.7. The second-order valence-electron chi connectivity index (χ2n) is 5.59. The SMILES string of the molecule is Nc1nnc(CNC(=O)[C@H]2CCN(c3ccc(C(F)(F)F)cn3)C2)s1. The summed E-state index contributed by atoms with van der Waals surface area (Å²) in [7, 11) is 0. The van der Waals surface area contributed by atoms with Crippen molar-refractivity contribution in [3.63, 3.8) is 0 Å². The molecular formula is C14H15F3N6OS. The Labute approximate surface area is 145 Å². The summed E-state index contributed by atoms with van der Waals surface area (Å²) in [5.74, 6) is 0.0396. The fourth-order valence-corrected chi connectivity index (χ4v) is 3.12. The molecule has 0 saturated carbocycles. The molecule has 0 aliphatic carbocycles. The number of alkyl halides is 3. The van der Waals surface area contributed by atoms with Crippen molar-refractivity contribution in [3.05, 3.63) is 28.9 Å². The Morgan fingerprint density at radius 1 is 1.40 bits per heavy atom. The van der Waals surface area contributed by atoms with Gasteiger partial charge in [0, 0.05) is 19.3 Å². The standard InChI is InChI=1S/C14H15F3N6OS/c15-14(16,17)9-1-2-10(19-5-9)23-4-3-8(7-23)12(24)20-6-11-21-22-13(18)25-11/h1-2,5,8H,3-4,6-7H2,(H2,18,22)(H,20,24)/t8-/m0/s1. The first-order valence-electron chi connectivity index (χ1n) is 7.46. The average molecular weight is 372 g/mol. The van der Waals surface area contributed by atoms with Gasteiger partial charge in [-0.3, -0.25) is 4.79 Å². The van der Waals surface area contributed by atoms with Gasteiger partial charge in [0.2, 0.25) is 11.0 Å². The predicted molar refractivity (Wildman–Crippen MR) is 85.7 cm³/mol. The molecule has 3 N–H and O–H groups in total. The molecule has 0 radical (unpaired) electrons. The van der Waals surface area contributed by atoms with E-state index in [1.54, 1.807) is 4.90 Å². The number of nitrogens with two attached hydrogens (primary N) is 1. The lowest BCUT2D eigenvalue weighted by Crippen LogP contribution is -2.32. The lowest BCUT2D eigenvalue weighted by molar-refractivity contribution is -0.137. The van der Waals surface area contributed by atoms with Gasteiger partial charge in [-0.15, -0.1) is 10.2 Å². The molecule has 1 amide bonds. The number of hydrogen-bond donors (Lipinski definition) is 2. The van der Waals surface area contributed by atoms with Gasteiger partial charge in [-0.05, 0) is 18.6 Å². The van der Waals surface area contributed by atoms with E-state index in [0.29, 0.717) is 35.5 Å². The molecule has 0 aromatic carbocycles. The Morgan fingerprint density at radius 2 is 2.20 bits per heavy atom.